The highest BCUT2D eigenvalue weighted by Crippen LogP contribution is 2.37. The van der Waals surface area contributed by atoms with Gasteiger partial charge in [-0.25, -0.2) is 13.9 Å². The number of methoxy groups -OCH3 is 1. The lowest BCUT2D eigenvalue weighted by Crippen LogP contribution is -2.43. The zero-order valence-electron chi connectivity index (χ0n) is 23.9. The Balaban J connectivity index is 1.70. The molecular weight excluding hydrogens is 543 g/mol. The first-order valence-electron chi connectivity index (χ1n) is 13.0. The van der Waals surface area contributed by atoms with Crippen molar-refractivity contribution in [2.75, 3.05) is 19.0 Å². The topological polar surface area (TPSA) is 150 Å². The lowest BCUT2D eigenvalue weighted by Gasteiger charge is -2.18. The number of ether oxygens (including phenoxy) is 1. The quantitative estimate of drug-likeness (QED) is 0.278. The molecule has 1 aromatic heterocycles. The molecule has 0 saturated heterocycles. The number of hydrogen-bond acceptors (Lipinski definition) is 7. The van der Waals surface area contributed by atoms with Crippen LogP contribution < -0.4 is 32.4 Å². The van der Waals surface area contributed by atoms with Crippen molar-refractivity contribution in [3.05, 3.63) is 97.6 Å². The molecule has 0 radical (unpaired) electrons. The predicted molar refractivity (Wildman–Crippen MR) is 157 cm³/mol. The van der Waals surface area contributed by atoms with Crippen molar-refractivity contribution in [2.45, 2.75) is 20.4 Å². The molecular formula is C30H31FN6O5. The fourth-order valence-corrected chi connectivity index (χ4v) is 4.76. The molecule has 0 aliphatic heterocycles. The highest BCUT2D eigenvalue weighted by Gasteiger charge is 2.20. The molecule has 3 aromatic carbocycles. The second-order valence-electron chi connectivity index (χ2n) is 9.74. The summed E-state index contributed by atoms with van der Waals surface area (Å²) in [6.45, 7) is 3.72. The van der Waals surface area contributed by atoms with Crippen LogP contribution in [0.1, 0.15) is 27.2 Å². The molecule has 0 spiro atoms. The number of benzene rings is 3. The van der Waals surface area contributed by atoms with Gasteiger partial charge in [0.15, 0.2) is 0 Å². The van der Waals surface area contributed by atoms with Crippen LogP contribution in [0.5, 0.6) is 5.75 Å². The van der Waals surface area contributed by atoms with Gasteiger partial charge in [-0.1, -0.05) is 30.3 Å². The summed E-state index contributed by atoms with van der Waals surface area (Å²) < 4.78 is 22.4. The zero-order chi connectivity index (χ0) is 30.7. The highest BCUT2D eigenvalue weighted by molar-refractivity contribution is 6.03. The van der Waals surface area contributed by atoms with Crippen molar-refractivity contribution in [3.63, 3.8) is 0 Å². The van der Waals surface area contributed by atoms with Gasteiger partial charge in [0.25, 0.3) is 11.5 Å². The van der Waals surface area contributed by atoms with Gasteiger partial charge in [0.05, 0.1) is 13.7 Å². The van der Waals surface area contributed by atoms with E-state index in [-0.39, 0.29) is 18.7 Å². The lowest BCUT2D eigenvalue weighted by atomic mass is 9.90. The van der Waals surface area contributed by atoms with E-state index >= 15 is 4.39 Å². The van der Waals surface area contributed by atoms with Crippen molar-refractivity contribution < 1.29 is 18.7 Å². The van der Waals surface area contributed by atoms with Gasteiger partial charge >= 0.3 is 5.69 Å². The Hall–Kier alpha value is -5.10. The van der Waals surface area contributed by atoms with E-state index in [2.05, 4.69) is 15.7 Å². The van der Waals surface area contributed by atoms with Gasteiger partial charge in [-0.3, -0.25) is 19.0 Å². The lowest BCUT2D eigenvalue weighted by molar-refractivity contribution is -0.117. The predicted octanol–water partition coefficient (Wildman–Crippen LogP) is 2.40. The van der Waals surface area contributed by atoms with Crippen molar-refractivity contribution in [1.82, 2.24) is 19.7 Å². The Morgan fingerprint density at radius 1 is 1.00 bits per heavy atom. The van der Waals surface area contributed by atoms with Gasteiger partial charge in [0.2, 0.25) is 11.6 Å². The zero-order valence-corrected chi connectivity index (χ0v) is 23.9. The van der Waals surface area contributed by atoms with Gasteiger partial charge in [-0.05, 0) is 65.4 Å². The van der Waals surface area contributed by atoms with E-state index in [0.717, 1.165) is 37.1 Å². The molecule has 0 saturated carbocycles. The van der Waals surface area contributed by atoms with Crippen LogP contribution in [0.3, 0.4) is 0 Å². The number of anilines is 1. The summed E-state index contributed by atoms with van der Waals surface area (Å²) in [4.78, 5) is 48.5. The molecule has 0 bridgehead atoms. The van der Waals surface area contributed by atoms with Crippen LogP contribution >= 0.6 is 0 Å². The molecule has 11 nitrogen and oxygen atoms in total. The van der Waals surface area contributed by atoms with E-state index < -0.39 is 34.6 Å². The second-order valence-corrected chi connectivity index (χ2v) is 9.74. The third-order valence-corrected chi connectivity index (χ3v) is 7.03. The first kappa shape index (κ1) is 29.9. The average Bonchev–Trinajstić information content (AvgIpc) is 2.95. The van der Waals surface area contributed by atoms with Gasteiger partial charge < -0.3 is 21.1 Å². The molecule has 218 valence electrons. The third-order valence-electron chi connectivity index (χ3n) is 7.03. The number of halogens is 1. The Labute approximate surface area is 240 Å². The molecule has 4 rings (SSSR count). The number of hydrogen-bond donors (Lipinski definition) is 3. The maximum absolute atomic E-state index is 15.2. The minimum absolute atomic E-state index is 0.0653. The van der Waals surface area contributed by atoms with Crippen LogP contribution in [0.25, 0.3) is 22.3 Å². The Bertz CT molecular complexity index is 1830. The summed E-state index contributed by atoms with van der Waals surface area (Å²) in [6, 6.07) is 14.2. The molecule has 0 atom stereocenters. The number of nitrogens with two attached hydrogens (primary N) is 1. The number of amides is 2. The fraction of sp³-hybridized carbons (Fsp3) is 0.233. The third kappa shape index (κ3) is 5.84. The van der Waals surface area contributed by atoms with Gasteiger partial charge in [0, 0.05) is 31.9 Å². The standard InChI is InChI=1S/C30H31FN6O5/c1-16-19(18-12-23(31)22(25(13-18)42-5)14-33-15-26(32)38)8-6-9-20(16)21-10-7-11-24(17(21)2)34-28(39)27-29(40)36(3)30(41)37(4)35-27/h6-13,33H,14-15H2,1-5H3,(H2,32,38)(H,34,39). The maximum Gasteiger partial charge on any atom is 0.346 e. The van der Waals surface area contributed by atoms with E-state index in [9.17, 15) is 19.2 Å². The van der Waals surface area contributed by atoms with Crippen molar-refractivity contribution in [1.29, 1.82) is 0 Å². The number of carbonyl (C=O) groups is 2. The number of nitrogens with zero attached hydrogens (tertiary/aromatic N) is 3. The van der Waals surface area contributed by atoms with Crippen molar-refractivity contribution in [2.24, 2.45) is 19.8 Å². The normalized spacial score (nSPS) is 10.9. The van der Waals surface area contributed by atoms with E-state index in [1.165, 1.54) is 27.3 Å². The van der Waals surface area contributed by atoms with Crippen LogP contribution in [-0.2, 0) is 25.4 Å². The molecule has 0 unspecified atom stereocenters. The van der Waals surface area contributed by atoms with E-state index in [4.69, 9.17) is 10.5 Å². The number of aromatic nitrogens is 3. The summed E-state index contributed by atoms with van der Waals surface area (Å²) in [6.07, 6.45) is 0. The number of nitrogens with one attached hydrogen (secondary N) is 2. The highest BCUT2D eigenvalue weighted by atomic mass is 19.1. The summed E-state index contributed by atoms with van der Waals surface area (Å²) in [5.41, 5.74) is 8.67. The molecule has 1 heterocycles. The number of aryl methyl sites for hydroxylation is 1. The monoisotopic (exact) mass is 574 g/mol. The van der Waals surface area contributed by atoms with Crippen LogP contribution in [-0.4, -0.2) is 39.8 Å². The van der Waals surface area contributed by atoms with Crippen LogP contribution in [0.15, 0.2) is 58.1 Å². The first-order valence-corrected chi connectivity index (χ1v) is 13.0. The Morgan fingerprint density at radius 2 is 1.64 bits per heavy atom. The summed E-state index contributed by atoms with van der Waals surface area (Å²) in [5, 5.41) is 9.38. The number of rotatable bonds is 9. The fourth-order valence-electron chi connectivity index (χ4n) is 4.76. The first-order chi connectivity index (χ1) is 19.9. The van der Waals surface area contributed by atoms with E-state index in [1.54, 1.807) is 18.2 Å². The summed E-state index contributed by atoms with van der Waals surface area (Å²) in [5.74, 6) is -1.47. The molecule has 0 fully saturated rings. The van der Waals surface area contributed by atoms with Crippen molar-refractivity contribution in [3.8, 4) is 28.0 Å². The molecule has 4 aromatic rings. The minimum Gasteiger partial charge on any atom is -0.496 e. The number of carbonyl (C=O) groups excluding carboxylic acids is 2. The smallest absolute Gasteiger partial charge is 0.346 e. The molecule has 12 heteroatoms. The second kappa shape index (κ2) is 12.2. The van der Waals surface area contributed by atoms with Crippen molar-refractivity contribution >= 4 is 17.5 Å². The average molecular weight is 575 g/mol. The van der Waals surface area contributed by atoms with Gasteiger partial charge in [0.1, 0.15) is 11.6 Å². The summed E-state index contributed by atoms with van der Waals surface area (Å²) >= 11 is 0. The SMILES string of the molecule is COc1cc(-c2cccc(-c3cccc(NC(=O)c4nn(C)c(=O)n(C)c4=O)c3C)c2C)cc(F)c1CNCC(N)=O. The van der Waals surface area contributed by atoms with Crippen LogP contribution in [0.4, 0.5) is 10.1 Å². The van der Waals surface area contributed by atoms with Crippen LogP contribution in [0, 0.1) is 19.7 Å². The summed E-state index contributed by atoms with van der Waals surface area (Å²) in [7, 11) is 4.08. The van der Waals surface area contributed by atoms with E-state index in [1.807, 2.05) is 38.1 Å². The molecule has 4 N–H and O–H groups in total. The molecule has 2 amide bonds. The molecule has 0 aliphatic rings. The largest absolute Gasteiger partial charge is 0.496 e. The Morgan fingerprint density at radius 3 is 2.31 bits per heavy atom. The van der Waals surface area contributed by atoms with E-state index in [0.29, 0.717) is 17.0 Å². The minimum atomic E-state index is -0.801. The van der Waals surface area contributed by atoms with Gasteiger partial charge in [-0.2, -0.15) is 5.10 Å². The molecule has 0 aliphatic carbocycles. The molecule has 42 heavy (non-hydrogen) atoms. The van der Waals surface area contributed by atoms with Gasteiger partial charge in [-0.15, -0.1) is 0 Å². The maximum atomic E-state index is 15.2. The van der Waals surface area contributed by atoms with Crippen LogP contribution in [0.2, 0.25) is 0 Å². The number of primary amides is 1. The Kier molecular flexibility index (Phi) is 8.67.